The molecule has 1 saturated carbocycles. The van der Waals surface area contributed by atoms with Gasteiger partial charge >= 0.3 is 0 Å². The first-order valence-corrected chi connectivity index (χ1v) is 7.19. The maximum atomic E-state index is 10.7. The highest BCUT2D eigenvalue weighted by molar-refractivity contribution is 6.31. The zero-order valence-electron chi connectivity index (χ0n) is 11.8. The fraction of sp³-hybridized carbons (Fsp3) is 0.786. The minimum atomic E-state index is -0.700. The second-order valence-corrected chi connectivity index (χ2v) is 6.27. The molecule has 0 amide bonds. The van der Waals surface area contributed by atoms with Gasteiger partial charge in [0.2, 0.25) is 0 Å². The van der Waals surface area contributed by atoms with Gasteiger partial charge in [-0.25, -0.2) is 0 Å². The topological polar surface area (TPSA) is 38.0 Å². The van der Waals surface area contributed by atoms with Crippen molar-refractivity contribution in [1.82, 2.24) is 9.78 Å². The zero-order chi connectivity index (χ0) is 13.6. The SMILES string of the molecule is CCc1nn(CC)c(CC(C)(O)C2(C)CC2)c1Cl. The Morgan fingerprint density at radius 2 is 2.06 bits per heavy atom. The Morgan fingerprint density at radius 1 is 1.44 bits per heavy atom. The van der Waals surface area contributed by atoms with Gasteiger partial charge in [-0.15, -0.1) is 0 Å². The van der Waals surface area contributed by atoms with Gasteiger partial charge in [0.15, 0.2) is 0 Å². The number of hydrogen-bond donors (Lipinski definition) is 1. The number of aliphatic hydroxyl groups is 1. The van der Waals surface area contributed by atoms with Crippen LogP contribution in [0.25, 0.3) is 0 Å². The Balaban J connectivity index is 2.31. The van der Waals surface area contributed by atoms with Crippen LogP contribution < -0.4 is 0 Å². The molecule has 1 aliphatic rings. The summed E-state index contributed by atoms with van der Waals surface area (Å²) in [4.78, 5) is 0. The number of aromatic nitrogens is 2. The average molecular weight is 271 g/mol. The molecule has 0 spiro atoms. The van der Waals surface area contributed by atoms with E-state index in [0.29, 0.717) is 6.42 Å². The van der Waals surface area contributed by atoms with Crippen molar-refractivity contribution in [2.75, 3.05) is 0 Å². The molecule has 2 rings (SSSR count). The van der Waals surface area contributed by atoms with E-state index in [2.05, 4.69) is 25.9 Å². The molecule has 0 bridgehead atoms. The fourth-order valence-electron chi connectivity index (χ4n) is 2.45. The lowest BCUT2D eigenvalue weighted by atomic mass is 9.83. The van der Waals surface area contributed by atoms with Gasteiger partial charge in [-0.2, -0.15) is 5.10 Å². The normalized spacial score (nSPS) is 20.8. The summed E-state index contributed by atoms with van der Waals surface area (Å²) in [7, 11) is 0. The van der Waals surface area contributed by atoms with Crippen molar-refractivity contribution >= 4 is 11.6 Å². The molecule has 3 nitrogen and oxygen atoms in total. The van der Waals surface area contributed by atoms with E-state index in [-0.39, 0.29) is 5.41 Å². The monoisotopic (exact) mass is 270 g/mol. The third-order valence-electron chi connectivity index (χ3n) is 4.51. The molecule has 102 valence electrons. The van der Waals surface area contributed by atoms with E-state index >= 15 is 0 Å². The van der Waals surface area contributed by atoms with E-state index in [9.17, 15) is 5.11 Å². The van der Waals surface area contributed by atoms with Crippen LogP contribution in [0.4, 0.5) is 0 Å². The summed E-state index contributed by atoms with van der Waals surface area (Å²) in [5.41, 5.74) is 1.26. The Morgan fingerprint density at radius 3 is 2.50 bits per heavy atom. The average Bonchev–Trinajstić information content (AvgIpc) is 3.01. The van der Waals surface area contributed by atoms with Gasteiger partial charge in [-0.05, 0) is 38.5 Å². The van der Waals surface area contributed by atoms with Gasteiger partial charge < -0.3 is 5.11 Å². The minimum absolute atomic E-state index is 0.0472. The summed E-state index contributed by atoms with van der Waals surface area (Å²) in [5, 5.41) is 15.9. The molecule has 1 atom stereocenters. The predicted octanol–water partition coefficient (Wildman–Crippen LogP) is 3.21. The predicted molar refractivity (Wildman–Crippen MR) is 74.0 cm³/mol. The van der Waals surface area contributed by atoms with Crippen LogP contribution in [0, 0.1) is 5.41 Å². The lowest BCUT2D eigenvalue weighted by Gasteiger charge is -2.30. The van der Waals surface area contributed by atoms with E-state index < -0.39 is 5.60 Å². The van der Waals surface area contributed by atoms with E-state index in [1.165, 1.54) is 0 Å². The summed E-state index contributed by atoms with van der Waals surface area (Å²) in [6, 6.07) is 0. The number of aryl methyl sites for hydroxylation is 2. The summed E-state index contributed by atoms with van der Waals surface area (Å²) in [5.74, 6) is 0. The van der Waals surface area contributed by atoms with E-state index in [0.717, 1.165) is 42.2 Å². The maximum absolute atomic E-state index is 10.7. The fourth-order valence-corrected chi connectivity index (χ4v) is 2.79. The Hall–Kier alpha value is -0.540. The number of nitrogens with zero attached hydrogens (tertiary/aromatic N) is 2. The zero-order valence-corrected chi connectivity index (χ0v) is 12.5. The molecule has 1 aliphatic carbocycles. The van der Waals surface area contributed by atoms with E-state index in [4.69, 9.17) is 11.6 Å². The van der Waals surface area contributed by atoms with Crippen molar-refractivity contribution in [2.45, 2.75) is 65.5 Å². The van der Waals surface area contributed by atoms with Crippen molar-refractivity contribution < 1.29 is 5.11 Å². The molecule has 1 aromatic heterocycles. The Bertz CT molecular complexity index is 447. The van der Waals surface area contributed by atoms with Gasteiger partial charge in [0.25, 0.3) is 0 Å². The lowest BCUT2D eigenvalue weighted by Crippen LogP contribution is -2.37. The molecule has 1 unspecified atom stereocenters. The number of halogens is 1. The molecule has 4 heteroatoms. The minimum Gasteiger partial charge on any atom is -0.389 e. The van der Waals surface area contributed by atoms with Crippen LogP contribution in [-0.2, 0) is 19.4 Å². The third-order valence-corrected chi connectivity index (χ3v) is 4.94. The van der Waals surface area contributed by atoms with Crippen LogP contribution in [0.5, 0.6) is 0 Å². The molecular formula is C14H23ClN2O. The molecule has 18 heavy (non-hydrogen) atoms. The maximum Gasteiger partial charge on any atom is 0.0850 e. The van der Waals surface area contributed by atoms with Gasteiger partial charge in [-0.1, -0.05) is 25.4 Å². The smallest absolute Gasteiger partial charge is 0.0850 e. The summed E-state index contributed by atoms with van der Waals surface area (Å²) < 4.78 is 1.93. The van der Waals surface area contributed by atoms with Crippen molar-refractivity contribution in [3.63, 3.8) is 0 Å². The van der Waals surface area contributed by atoms with Crippen LogP contribution in [0.3, 0.4) is 0 Å². The van der Waals surface area contributed by atoms with Crippen molar-refractivity contribution in [1.29, 1.82) is 0 Å². The standard InChI is InChI=1S/C14H23ClN2O/c1-5-10-12(15)11(17(6-2)16-10)9-14(4,18)13(3)7-8-13/h18H,5-9H2,1-4H3. The first-order valence-electron chi connectivity index (χ1n) is 6.81. The molecular weight excluding hydrogens is 248 g/mol. The highest BCUT2D eigenvalue weighted by atomic mass is 35.5. The lowest BCUT2D eigenvalue weighted by molar-refractivity contribution is -0.00867. The molecule has 1 fully saturated rings. The third kappa shape index (κ3) is 2.19. The highest BCUT2D eigenvalue weighted by Crippen LogP contribution is 2.54. The van der Waals surface area contributed by atoms with Gasteiger partial charge in [0.05, 0.1) is 22.0 Å². The molecule has 0 aliphatic heterocycles. The summed E-state index contributed by atoms with van der Waals surface area (Å²) >= 11 is 6.39. The molecule has 0 saturated heterocycles. The second-order valence-electron chi connectivity index (χ2n) is 5.89. The van der Waals surface area contributed by atoms with Crippen LogP contribution in [0.1, 0.15) is 51.9 Å². The van der Waals surface area contributed by atoms with E-state index in [1.54, 1.807) is 0 Å². The second kappa shape index (κ2) is 4.53. The van der Waals surface area contributed by atoms with Crippen molar-refractivity contribution in [2.24, 2.45) is 5.41 Å². The highest BCUT2D eigenvalue weighted by Gasteiger charge is 2.52. The number of rotatable bonds is 5. The van der Waals surface area contributed by atoms with Crippen LogP contribution in [-0.4, -0.2) is 20.5 Å². The molecule has 0 aromatic carbocycles. The first kappa shape index (κ1) is 13.9. The molecule has 1 heterocycles. The van der Waals surface area contributed by atoms with Gasteiger partial charge in [0.1, 0.15) is 0 Å². The van der Waals surface area contributed by atoms with Crippen LogP contribution >= 0.6 is 11.6 Å². The molecule has 0 radical (unpaired) electrons. The summed E-state index contributed by atoms with van der Waals surface area (Å²) in [6.45, 7) is 8.98. The Kier molecular flexibility index (Phi) is 3.50. The quantitative estimate of drug-likeness (QED) is 0.892. The number of hydrogen-bond acceptors (Lipinski definition) is 2. The van der Waals surface area contributed by atoms with E-state index in [1.807, 2.05) is 11.6 Å². The molecule has 1 aromatic rings. The molecule has 1 N–H and O–H groups in total. The van der Waals surface area contributed by atoms with Crippen LogP contribution in [0.15, 0.2) is 0 Å². The van der Waals surface area contributed by atoms with Crippen LogP contribution in [0.2, 0.25) is 5.02 Å². The largest absolute Gasteiger partial charge is 0.389 e. The van der Waals surface area contributed by atoms with Gasteiger partial charge in [-0.3, -0.25) is 4.68 Å². The first-order chi connectivity index (χ1) is 8.34. The van der Waals surface area contributed by atoms with Crippen molar-refractivity contribution in [3.05, 3.63) is 16.4 Å². The van der Waals surface area contributed by atoms with Gasteiger partial charge in [0, 0.05) is 13.0 Å². The summed E-state index contributed by atoms with van der Waals surface area (Å²) in [6.07, 6.45) is 3.61. The van der Waals surface area contributed by atoms with Crippen molar-refractivity contribution in [3.8, 4) is 0 Å². The Labute approximate surface area is 114 Å².